The molecule has 2 aromatic heterocycles. The molecule has 0 atom stereocenters. The minimum atomic E-state index is -0.402. The molecule has 2 amide bonds. The fourth-order valence-electron chi connectivity index (χ4n) is 1.20. The first kappa shape index (κ1) is 12.6. The largest absolute Gasteiger partial charge is 0.444 e. The predicted octanol–water partition coefficient (Wildman–Crippen LogP) is 2.62. The van der Waals surface area contributed by atoms with Crippen molar-refractivity contribution >= 4 is 28.0 Å². The lowest BCUT2D eigenvalue weighted by atomic mass is 10.4. The maximum Gasteiger partial charge on any atom is 0.324 e. The number of carbonyl (C=O) groups is 1. The zero-order valence-corrected chi connectivity index (χ0v) is 11.3. The van der Waals surface area contributed by atoms with Gasteiger partial charge < -0.3 is 14.2 Å². The fraction of sp³-hybridized carbons (Fsp3) is 0.300. The number of halogens is 1. The molecule has 8 heteroatoms. The van der Waals surface area contributed by atoms with E-state index in [-0.39, 0.29) is 17.9 Å². The third-order valence-corrected chi connectivity index (χ3v) is 2.28. The van der Waals surface area contributed by atoms with Crippen LogP contribution in [0.5, 0.6) is 0 Å². The number of anilines is 1. The van der Waals surface area contributed by atoms with Crippen molar-refractivity contribution < 1.29 is 13.6 Å². The lowest BCUT2D eigenvalue weighted by Gasteiger charge is -2.06. The zero-order valence-electron chi connectivity index (χ0n) is 9.73. The van der Waals surface area contributed by atoms with Crippen LogP contribution in [0.15, 0.2) is 25.6 Å². The minimum Gasteiger partial charge on any atom is -0.444 e. The molecule has 7 nitrogen and oxygen atoms in total. The highest BCUT2D eigenvalue weighted by molar-refractivity contribution is 9.10. The number of urea groups is 1. The summed E-state index contributed by atoms with van der Waals surface area (Å²) in [6, 6.07) is 3.01. The van der Waals surface area contributed by atoms with Crippen molar-refractivity contribution in [2.24, 2.45) is 0 Å². The van der Waals surface area contributed by atoms with E-state index in [9.17, 15) is 4.79 Å². The number of carbonyl (C=O) groups excluding carboxylic acids is 1. The molecule has 18 heavy (non-hydrogen) atoms. The molecule has 0 saturated carbocycles. The molecule has 0 bridgehead atoms. The van der Waals surface area contributed by atoms with Gasteiger partial charge in [-0.25, -0.2) is 4.79 Å². The van der Waals surface area contributed by atoms with Crippen molar-refractivity contribution in [1.29, 1.82) is 0 Å². The Bertz CT molecular complexity index is 549. The van der Waals surface area contributed by atoms with E-state index in [1.165, 1.54) is 0 Å². The molecule has 0 fully saturated rings. The van der Waals surface area contributed by atoms with Crippen LogP contribution in [0.1, 0.15) is 13.8 Å². The average molecular weight is 315 g/mol. The molecule has 0 saturated heterocycles. The van der Waals surface area contributed by atoms with Crippen LogP contribution in [0.3, 0.4) is 0 Å². The van der Waals surface area contributed by atoms with Crippen LogP contribution in [0.4, 0.5) is 10.8 Å². The van der Waals surface area contributed by atoms with Crippen molar-refractivity contribution in [3.8, 4) is 11.7 Å². The van der Waals surface area contributed by atoms with E-state index in [1.807, 2.05) is 13.8 Å². The number of aromatic nitrogens is 2. The first-order valence-corrected chi connectivity index (χ1v) is 6.00. The van der Waals surface area contributed by atoms with Crippen molar-refractivity contribution in [2.45, 2.75) is 19.9 Å². The van der Waals surface area contributed by atoms with Crippen molar-refractivity contribution in [2.75, 3.05) is 5.32 Å². The van der Waals surface area contributed by atoms with Crippen molar-refractivity contribution in [1.82, 2.24) is 15.5 Å². The van der Waals surface area contributed by atoms with Gasteiger partial charge >= 0.3 is 12.0 Å². The highest BCUT2D eigenvalue weighted by atomic mass is 79.9. The Kier molecular flexibility index (Phi) is 3.66. The van der Waals surface area contributed by atoms with Gasteiger partial charge in [-0.3, -0.25) is 5.32 Å². The molecule has 0 aliphatic carbocycles. The zero-order chi connectivity index (χ0) is 13.1. The lowest BCUT2D eigenvalue weighted by Crippen LogP contribution is -2.34. The molecule has 0 aliphatic rings. The van der Waals surface area contributed by atoms with Crippen LogP contribution >= 0.6 is 15.9 Å². The normalized spacial score (nSPS) is 10.7. The number of amides is 2. The van der Waals surface area contributed by atoms with Gasteiger partial charge in [-0.05, 0) is 41.9 Å². The molecule has 2 rings (SSSR count). The van der Waals surface area contributed by atoms with Gasteiger partial charge in [0.05, 0.1) is 0 Å². The Hall–Kier alpha value is -1.83. The van der Waals surface area contributed by atoms with Gasteiger partial charge in [0.1, 0.15) is 0 Å². The summed E-state index contributed by atoms with van der Waals surface area (Å²) in [4.78, 5) is 11.4. The average Bonchev–Trinajstić information content (AvgIpc) is 2.85. The second kappa shape index (κ2) is 5.21. The van der Waals surface area contributed by atoms with E-state index in [0.29, 0.717) is 10.4 Å². The van der Waals surface area contributed by atoms with E-state index in [1.54, 1.807) is 12.1 Å². The van der Waals surface area contributed by atoms with Crippen LogP contribution in [-0.4, -0.2) is 22.3 Å². The van der Waals surface area contributed by atoms with Crippen LogP contribution in [0.25, 0.3) is 11.7 Å². The van der Waals surface area contributed by atoms with Gasteiger partial charge in [0, 0.05) is 6.04 Å². The minimum absolute atomic E-state index is 0.00988. The second-order valence-electron chi connectivity index (χ2n) is 3.77. The first-order chi connectivity index (χ1) is 8.54. The molecule has 2 N–H and O–H groups in total. The standard InChI is InChI=1S/C10H11BrN4O3/c1-5(2)12-9(16)13-10-15-14-8(18-10)6-3-4-7(11)17-6/h3-5H,1-2H3,(H2,12,13,15,16). The summed E-state index contributed by atoms with van der Waals surface area (Å²) in [6.07, 6.45) is 0. The van der Waals surface area contributed by atoms with E-state index in [4.69, 9.17) is 8.83 Å². The summed E-state index contributed by atoms with van der Waals surface area (Å²) in [5.74, 6) is 0.618. The molecule has 2 aromatic rings. The highest BCUT2D eigenvalue weighted by Gasteiger charge is 2.14. The topological polar surface area (TPSA) is 93.2 Å². The van der Waals surface area contributed by atoms with Gasteiger partial charge in [-0.2, -0.15) is 0 Å². The van der Waals surface area contributed by atoms with Gasteiger partial charge in [0.15, 0.2) is 10.4 Å². The van der Waals surface area contributed by atoms with Gasteiger partial charge in [0.2, 0.25) is 0 Å². The quantitative estimate of drug-likeness (QED) is 0.908. The summed E-state index contributed by atoms with van der Waals surface area (Å²) >= 11 is 3.17. The molecule has 0 spiro atoms. The lowest BCUT2D eigenvalue weighted by molar-refractivity contribution is 0.249. The summed E-state index contributed by atoms with van der Waals surface area (Å²) in [5.41, 5.74) is 0. The molecule has 0 radical (unpaired) electrons. The fourth-order valence-corrected chi connectivity index (χ4v) is 1.50. The molecule has 96 valence electrons. The van der Waals surface area contributed by atoms with E-state index < -0.39 is 6.03 Å². The van der Waals surface area contributed by atoms with Crippen LogP contribution in [0, 0.1) is 0 Å². The Labute approximate surface area is 111 Å². The second-order valence-corrected chi connectivity index (χ2v) is 4.55. The monoisotopic (exact) mass is 314 g/mol. The van der Waals surface area contributed by atoms with Gasteiger partial charge in [-0.15, -0.1) is 5.10 Å². The Morgan fingerprint density at radius 1 is 1.33 bits per heavy atom. The first-order valence-electron chi connectivity index (χ1n) is 5.21. The number of hydrogen-bond acceptors (Lipinski definition) is 5. The van der Waals surface area contributed by atoms with E-state index in [2.05, 4.69) is 36.8 Å². The number of nitrogens with one attached hydrogen (secondary N) is 2. The van der Waals surface area contributed by atoms with Crippen molar-refractivity contribution in [3.05, 3.63) is 16.8 Å². The predicted molar refractivity (Wildman–Crippen MR) is 67.0 cm³/mol. The van der Waals surface area contributed by atoms with Gasteiger partial charge in [-0.1, -0.05) is 5.10 Å². The van der Waals surface area contributed by atoms with Crippen LogP contribution < -0.4 is 10.6 Å². The van der Waals surface area contributed by atoms with E-state index in [0.717, 1.165) is 0 Å². The maximum atomic E-state index is 11.4. The summed E-state index contributed by atoms with van der Waals surface area (Å²) in [7, 11) is 0. The number of rotatable bonds is 3. The Morgan fingerprint density at radius 3 is 2.72 bits per heavy atom. The Morgan fingerprint density at radius 2 is 2.11 bits per heavy atom. The Balaban J connectivity index is 2.04. The molecule has 0 aliphatic heterocycles. The van der Waals surface area contributed by atoms with Crippen molar-refractivity contribution in [3.63, 3.8) is 0 Å². The maximum absolute atomic E-state index is 11.4. The summed E-state index contributed by atoms with van der Waals surface area (Å²) in [6.45, 7) is 3.69. The molecule has 0 aromatic carbocycles. The third-order valence-electron chi connectivity index (χ3n) is 1.85. The molecular weight excluding hydrogens is 304 g/mol. The number of furan rings is 1. The molecule has 0 unspecified atom stereocenters. The molecular formula is C10H11BrN4O3. The van der Waals surface area contributed by atoms with E-state index >= 15 is 0 Å². The summed E-state index contributed by atoms with van der Waals surface area (Å²) < 4.78 is 11.0. The smallest absolute Gasteiger partial charge is 0.324 e. The highest BCUT2D eigenvalue weighted by Crippen LogP contribution is 2.24. The van der Waals surface area contributed by atoms with Crippen LogP contribution in [-0.2, 0) is 0 Å². The molecule has 2 heterocycles. The van der Waals surface area contributed by atoms with Gasteiger partial charge in [0.25, 0.3) is 5.89 Å². The SMILES string of the molecule is CC(C)NC(=O)Nc1nnc(-c2ccc(Br)o2)o1. The third kappa shape index (κ3) is 3.10. The number of hydrogen-bond donors (Lipinski definition) is 2. The van der Waals surface area contributed by atoms with Crippen LogP contribution in [0.2, 0.25) is 0 Å². The summed E-state index contributed by atoms with van der Waals surface area (Å²) in [5, 5.41) is 12.5. The number of nitrogens with zero attached hydrogens (tertiary/aromatic N) is 2.